The lowest BCUT2D eigenvalue weighted by Gasteiger charge is -2.37. The number of fused-ring (bicyclic) bond motifs is 1. The van der Waals surface area contributed by atoms with Crippen molar-refractivity contribution in [1.82, 2.24) is 0 Å². The summed E-state index contributed by atoms with van der Waals surface area (Å²) in [4.78, 5) is 14.8. The van der Waals surface area contributed by atoms with Gasteiger partial charge in [-0.15, -0.1) is 0 Å². The van der Waals surface area contributed by atoms with E-state index in [-0.39, 0.29) is 11.9 Å². The number of amides is 1. The van der Waals surface area contributed by atoms with Crippen molar-refractivity contribution in [2.75, 3.05) is 10.6 Å². The Morgan fingerprint density at radius 1 is 1.17 bits per heavy atom. The second-order valence-corrected chi connectivity index (χ2v) is 6.77. The topological polar surface area (TPSA) is 55.6 Å². The summed E-state index contributed by atoms with van der Waals surface area (Å²) in [5.74, 6) is 0.704. The normalized spacial score (nSPS) is 17.0. The lowest BCUT2D eigenvalue weighted by atomic mass is 9.98. The number of nitrogen functional groups attached to an aromatic ring is 1. The van der Waals surface area contributed by atoms with Gasteiger partial charge < -0.3 is 15.4 Å². The van der Waals surface area contributed by atoms with Crippen LogP contribution in [0.1, 0.15) is 30.5 Å². The molecule has 4 heteroatoms. The fourth-order valence-electron chi connectivity index (χ4n) is 3.24. The highest BCUT2D eigenvalue weighted by Gasteiger charge is 2.36. The van der Waals surface area contributed by atoms with E-state index in [2.05, 4.69) is 32.0 Å². The highest BCUT2D eigenvalue weighted by Crippen LogP contribution is 2.37. The number of rotatable bonds is 3. The zero-order valence-corrected chi connectivity index (χ0v) is 14.7. The lowest BCUT2D eigenvalue weighted by molar-refractivity contribution is -0.126. The van der Waals surface area contributed by atoms with Crippen LogP contribution in [0.4, 0.5) is 11.4 Å². The number of hydrogen-bond acceptors (Lipinski definition) is 3. The number of nitrogens with two attached hydrogens (primary N) is 1. The predicted octanol–water partition coefficient (Wildman–Crippen LogP) is 3.63. The third kappa shape index (κ3) is 2.96. The molecule has 0 aliphatic carbocycles. The minimum atomic E-state index is -0.509. The molecule has 126 valence electrons. The average Bonchev–Trinajstić information content (AvgIpc) is 2.50. The Bertz CT molecular complexity index is 783. The fraction of sp³-hybridized carbons (Fsp3) is 0.350. The Kier molecular flexibility index (Phi) is 4.22. The first-order chi connectivity index (χ1) is 11.4. The van der Waals surface area contributed by atoms with Crippen LogP contribution in [0.25, 0.3) is 0 Å². The molecule has 24 heavy (non-hydrogen) atoms. The molecular formula is C20H24N2O2. The third-order valence-corrected chi connectivity index (χ3v) is 4.44. The molecule has 1 heterocycles. The van der Waals surface area contributed by atoms with E-state index in [1.54, 1.807) is 17.0 Å². The van der Waals surface area contributed by atoms with E-state index < -0.39 is 6.10 Å². The minimum Gasteiger partial charge on any atom is -0.478 e. The van der Waals surface area contributed by atoms with Gasteiger partial charge in [-0.25, -0.2) is 0 Å². The van der Waals surface area contributed by atoms with Gasteiger partial charge in [0.15, 0.2) is 6.10 Å². The van der Waals surface area contributed by atoms with E-state index in [9.17, 15) is 4.79 Å². The van der Waals surface area contributed by atoms with Gasteiger partial charge in [-0.1, -0.05) is 23.8 Å². The maximum absolute atomic E-state index is 13.0. The standard InChI is InChI=1S/C20H24N2O2/c1-12(2)22-17-11-16(21)7-8-18(17)24-19(20(22)23)10-15-6-5-13(3)9-14(15)4/h5-9,11-12,19H,10,21H2,1-4H3. The van der Waals surface area contributed by atoms with Crippen molar-refractivity contribution in [2.45, 2.75) is 46.3 Å². The molecular weight excluding hydrogens is 300 g/mol. The highest BCUT2D eigenvalue weighted by molar-refractivity contribution is 6.01. The van der Waals surface area contributed by atoms with Crippen LogP contribution in [0.3, 0.4) is 0 Å². The number of benzene rings is 2. The molecule has 1 aliphatic heterocycles. The Labute approximate surface area is 143 Å². The zero-order valence-electron chi connectivity index (χ0n) is 14.7. The van der Waals surface area contributed by atoms with Crippen LogP contribution < -0.4 is 15.4 Å². The average molecular weight is 324 g/mol. The van der Waals surface area contributed by atoms with Gasteiger partial charge in [0, 0.05) is 18.2 Å². The first-order valence-electron chi connectivity index (χ1n) is 8.32. The summed E-state index contributed by atoms with van der Waals surface area (Å²) in [7, 11) is 0. The number of aryl methyl sites for hydroxylation is 2. The van der Waals surface area contributed by atoms with Crippen molar-refractivity contribution in [2.24, 2.45) is 0 Å². The molecule has 0 bridgehead atoms. The number of hydrogen-bond donors (Lipinski definition) is 1. The van der Waals surface area contributed by atoms with Crippen LogP contribution in [0, 0.1) is 13.8 Å². The molecule has 0 radical (unpaired) electrons. The summed E-state index contributed by atoms with van der Waals surface area (Å²) in [5, 5.41) is 0. The van der Waals surface area contributed by atoms with E-state index in [1.807, 2.05) is 19.9 Å². The largest absolute Gasteiger partial charge is 0.478 e. The van der Waals surface area contributed by atoms with E-state index in [0.29, 0.717) is 17.9 Å². The van der Waals surface area contributed by atoms with Crippen molar-refractivity contribution in [3.8, 4) is 5.75 Å². The van der Waals surface area contributed by atoms with Gasteiger partial charge in [0.1, 0.15) is 5.75 Å². The molecule has 0 saturated carbocycles. The number of carbonyl (C=O) groups is 1. The van der Waals surface area contributed by atoms with Gasteiger partial charge in [-0.2, -0.15) is 0 Å². The van der Waals surface area contributed by atoms with Gasteiger partial charge in [0.25, 0.3) is 5.91 Å². The first-order valence-corrected chi connectivity index (χ1v) is 8.32. The molecule has 2 aromatic carbocycles. The molecule has 0 fully saturated rings. The van der Waals surface area contributed by atoms with Crippen molar-refractivity contribution < 1.29 is 9.53 Å². The van der Waals surface area contributed by atoms with Gasteiger partial charge >= 0.3 is 0 Å². The second-order valence-electron chi connectivity index (χ2n) is 6.77. The van der Waals surface area contributed by atoms with Crippen molar-refractivity contribution in [1.29, 1.82) is 0 Å². The van der Waals surface area contributed by atoms with Crippen LogP contribution in [0.2, 0.25) is 0 Å². The maximum atomic E-state index is 13.0. The number of anilines is 2. The van der Waals surface area contributed by atoms with E-state index in [0.717, 1.165) is 11.3 Å². The Morgan fingerprint density at radius 2 is 1.92 bits per heavy atom. The second kappa shape index (κ2) is 6.19. The SMILES string of the molecule is Cc1ccc(CC2Oc3ccc(N)cc3N(C(C)C)C2=O)c(C)c1. The summed E-state index contributed by atoms with van der Waals surface area (Å²) in [6.45, 7) is 8.15. The molecule has 1 atom stereocenters. The molecule has 0 aromatic heterocycles. The summed E-state index contributed by atoms with van der Waals surface area (Å²) in [6, 6.07) is 11.8. The summed E-state index contributed by atoms with van der Waals surface area (Å²) in [6.07, 6.45) is 0.0581. The maximum Gasteiger partial charge on any atom is 0.268 e. The van der Waals surface area contributed by atoms with Gasteiger partial charge in [0.05, 0.1) is 5.69 Å². The Morgan fingerprint density at radius 3 is 2.58 bits per heavy atom. The van der Waals surface area contributed by atoms with Crippen LogP contribution >= 0.6 is 0 Å². The molecule has 3 rings (SSSR count). The van der Waals surface area contributed by atoms with Gasteiger partial charge in [0.2, 0.25) is 0 Å². The number of ether oxygens (including phenoxy) is 1. The van der Waals surface area contributed by atoms with Crippen molar-refractivity contribution in [3.05, 3.63) is 53.1 Å². The molecule has 2 aromatic rings. The van der Waals surface area contributed by atoms with Crippen LogP contribution in [0.15, 0.2) is 36.4 Å². The summed E-state index contributed by atoms with van der Waals surface area (Å²) < 4.78 is 6.02. The van der Waals surface area contributed by atoms with Gasteiger partial charge in [-0.05, 0) is 57.0 Å². The first kappa shape index (κ1) is 16.4. The van der Waals surface area contributed by atoms with Crippen LogP contribution in [-0.4, -0.2) is 18.1 Å². The molecule has 1 unspecified atom stereocenters. The molecule has 1 amide bonds. The Hall–Kier alpha value is -2.49. The van der Waals surface area contributed by atoms with Crippen LogP contribution in [0.5, 0.6) is 5.75 Å². The van der Waals surface area contributed by atoms with Crippen LogP contribution in [-0.2, 0) is 11.2 Å². The molecule has 1 aliphatic rings. The zero-order chi connectivity index (χ0) is 17.4. The number of carbonyl (C=O) groups excluding carboxylic acids is 1. The summed E-state index contributed by atoms with van der Waals surface area (Å²) >= 11 is 0. The monoisotopic (exact) mass is 324 g/mol. The van der Waals surface area contributed by atoms with Crippen molar-refractivity contribution >= 4 is 17.3 Å². The van der Waals surface area contributed by atoms with E-state index in [4.69, 9.17) is 10.5 Å². The fourth-order valence-corrected chi connectivity index (χ4v) is 3.24. The quantitative estimate of drug-likeness (QED) is 0.877. The molecule has 0 spiro atoms. The van der Waals surface area contributed by atoms with Gasteiger partial charge in [-0.3, -0.25) is 4.79 Å². The molecule has 0 saturated heterocycles. The number of nitrogens with zero attached hydrogens (tertiary/aromatic N) is 1. The summed E-state index contributed by atoms with van der Waals surface area (Å²) in [5.41, 5.74) is 10.8. The minimum absolute atomic E-state index is 0.0110. The van der Waals surface area contributed by atoms with E-state index in [1.165, 1.54) is 11.1 Å². The van der Waals surface area contributed by atoms with Crippen molar-refractivity contribution in [3.63, 3.8) is 0 Å². The Balaban J connectivity index is 1.95. The molecule has 4 nitrogen and oxygen atoms in total. The predicted molar refractivity (Wildman–Crippen MR) is 97.5 cm³/mol. The molecule has 2 N–H and O–H groups in total. The lowest BCUT2D eigenvalue weighted by Crippen LogP contribution is -2.50. The van der Waals surface area contributed by atoms with E-state index >= 15 is 0 Å². The third-order valence-electron chi connectivity index (χ3n) is 4.44. The highest BCUT2D eigenvalue weighted by atomic mass is 16.5. The smallest absolute Gasteiger partial charge is 0.268 e.